The van der Waals surface area contributed by atoms with Crippen molar-refractivity contribution in [3.63, 3.8) is 0 Å². The highest BCUT2D eigenvalue weighted by Gasteiger charge is 2.24. The molecule has 0 heterocycles. The predicted octanol–water partition coefficient (Wildman–Crippen LogP) is 1.88. The molecular formula is C30H54BN5O9S. The standard InChI is InChI=1S/C18H25BN4O5.C9H19NO2.C2H6.CH4O2S/c1-11(2)16(23-14(24)8-20-3)17(26)21-9-15(25)22-13-6-4-12(5-7-13)10-28-18(19)27;1-8(2,10)7-12-9(3,4)5-6-11;1-2;1-4(2)3/h4-7,11,16,20H,8-10H2,1-3H3,(H,21,26)(H,22,25)(H,23,24);6H,5,7,10H2,1-4H3;1-2H3;1H3,(H,2,3). The Labute approximate surface area is 277 Å². The Bertz CT molecular complexity index is 1060. The Kier molecular flexibility index (Phi) is 26.7. The molecule has 0 saturated carbocycles. The van der Waals surface area contributed by atoms with Gasteiger partial charge in [0.25, 0.3) is 0 Å². The van der Waals surface area contributed by atoms with Gasteiger partial charge in [0.05, 0.1) is 25.3 Å². The van der Waals surface area contributed by atoms with Crippen molar-refractivity contribution in [2.45, 2.75) is 85.6 Å². The van der Waals surface area contributed by atoms with E-state index in [1.807, 2.05) is 41.5 Å². The number of hydrogen-bond acceptors (Lipinski definition) is 10. The molecule has 0 aliphatic carbocycles. The summed E-state index contributed by atoms with van der Waals surface area (Å²) in [5, 5.41) is 10.5. The van der Waals surface area contributed by atoms with Crippen molar-refractivity contribution in [2.75, 3.05) is 38.3 Å². The van der Waals surface area contributed by atoms with Crippen LogP contribution in [-0.2, 0) is 46.3 Å². The van der Waals surface area contributed by atoms with Crippen molar-refractivity contribution in [2.24, 2.45) is 11.7 Å². The number of nitrogens with one attached hydrogen (secondary N) is 4. The third-order valence-corrected chi connectivity index (χ3v) is 5.05. The van der Waals surface area contributed by atoms with Crippen LogP contribution in [0.3, 0.4) is 0 Å². The molecule has 0 fully saturated rings. The van der Waals surface area contributed by atoms with Crippen molar-refractivity contribution >= 4 is 54.5 Å². The van der Waals surface area contributed by atoms with Crippen LogP contribution in [0.1, 0.15) is 67.4 Å². The first-order valence-corrected chi connectivity index (χ1v) is 16.2. The number of benzene rings is 1. The normalized spacial score (nSPS) is 11.8. The number of ether oxygens (including phenoxy) is 2. The summed E-state index contributed by atoms with van der Waals surface area (Å²) in [7, 11) is 6.53. The summed E-state index contributed by atoms with van der Waals surface area (Å²) < 4.78 is 26.8. The van der Waals surface area contributed by atoms with Crippen molar-refractivity contribution in [3.8, 4) is 0 Å². The second-order valence-corrected chi connectivity index (χ2v) is 12.1. The summed E-state index contributed by atoms with van der Waals surface area (Å²) >= 11 is -1.61. The zero-order valence-electron chi connectivity index (χ0n) is 28.9. The van der Waals surface area contributed by atoms with E-state index in [1.54, 1.807) is 45.2 Å². The summed E-state index contributed by atoms with van der Waals surface area (Å²) in [4.78, 5) is 56.8. The lowest BCUT2D eigenvalue weighted by Gasteiger charge is -2.28. The largest absolute Gasteiger partial charge is 0.470 e. The smallest absolute Gasteiger partial charge is 0.243 e. The zero-order valence-corrected chi connectivity index (χ0v) is 29.7. The molecule has 1 aromatic carbocycles. The molecule has 0 bridgehead atoms. The van der Waals surface area contributed by atoms with Gasteiger partial charge >= 0.3 is 0 Å². The molecule has 2 atom stereocenters. The van der Waals surface area contributed by atoms with Gasteiger partial charge in [-0.25, -0.2) is 4.21 Å². The van der Waals surface area contributed by atoms with Crippen LogP contribution in [0.5, 0.6) is 0 Å². The van der Waals surface area contributed by atoms with Crippen LogP contribution in [-0.4, -0.2) is 96.7 Å². The summed E-state index contributed by atoms with van der Waals surface area (Å²) in [5.41, 5.74) is 6.23. The SMILES string of the molecule is CC.CC(C)(N)COC(C)(C)CC=O.CS(=O)O.[B]C(=O)OCc1ccc(NC(=O)CNC(=O)C(NC(=O)CNC)C(C)C)cc1. The third-order valence-electron chi connectivity index (χ3n) is 5.05. The number of amides is 3. The molecule has 7 N–H and O–H groups in total. The molecule has 1 aromatic rings. The van der Waals surface area contributed by atoms with Crippen molar-refractivity contribution < 1.29 is 42.2 Å². The Morgan fingerprint density at radius 3 is 1.98 bits per heavy atom. The second kappa shape index (κ2) is 26.0. The minimum atomic E-state index is -1.61. The van der Waals surface area contributed by atoms with Crippen LogP contribution >= 0.6 is 0 Å². The first kappa shape index (κ1) is 47.2. The average molecular weight is 672 g/mol. The Hall–Kier alpha value is -3.18. The average Bonchev–Trinajstić information content (AvgIpc) is 2.94. The minimum absolute atomic E-state index is 0.0372. The van der Waals surface area contributed by atoms with Gasteiger partial charge in [0.1, 0.15) is 30.0 Å². The zero-order chi connectivity index (χ0) is 36.5. The van der Waals surface area contributed by atoms with Gasteiger partial charge in [0.2, 0.25) is 31.4 Å². The fourth-order valence-corrected chi connectivity index (χ4v) is 2.88. The number of anilines is 1. The van der Waals surface area contributed by atoms with E-state index < -0.39 is 40.4 Å². The Morgan fingerprint density at radius 1 is 1.04 bits per heavy atom. The highest BCUT2D eigenvalue weighted by molar-refractivity contribution is 7.78. The van der Waals surface area contributed by atoms with Gasteiger partial charge in [0.15, 0.2) is 0 Å². The molecule has 1 rings (SSSR count). The molecule has 3 amide bonds. The van der Waals surface area contributed by atoms with Gasteiger partial charge in [-0.2, -0.15) is 0 Å². The Morgan fingerprint density at radius 2 is 1.57 bits per heavy atom. The maximum absolute atomic E-state index is 12.3. The third kappa shape index (κ3) is 29.5. The number of carbonyl (C=O) groups is 5. The van der Waals surface area contributed by atoms with Crippen molar-refractivity contribution in [1.82, 2.24) is 16.0 Å². The number of nitrogens with two attached hydrogens (primary N) is 1. The van der Waals surface area contributed by atoms with Crippen LogP contribution in [0.25, 0.3) is 0 Å². The molecule has 0 aliphatic rings. The van der Waals surface area contributed by atoms with Crippen molar-refractivity contribution in [3.05, 3.63) is 29.8 Å². The molecule has 14 nitrogen and oxygen atoms in total. The highest BCUT2D eigenvalue weighted by atomic mass is 32.2. The van der Waals surface area contributed by atoms with E-state index in [1.165, 1.54) is 6.26 Å². The fourth-order valence-electron chi connectivity index (χ4n) is 2.88. The maximum Gasteiger partial charge on any atom is 0.243 e. The van der Waals surface area contributed by atoms with E-state index in [0.717, 1.165) is 6.29 Å². The highest BCUT2D eigenvalue weighted by Crippen LogP contribution is 2.14. The summed E-state index contributed by atoms with van der Waals surface area (Å²) in [6, 6.07) is 5.87. The van der Waals surface area contributed by atoms with Gasteiger partial charge in [-0.05, 0) is 58.4 Å². The lowest BCUT2D eigenvalue weighted by Crippen LogP contribution is -2.52. The van der Waals surface area contributed by atoms with E-state index in [-0.39, 0.29) is 37.1 Å². The molecule has 2 radical (unpaired) electrons. The molecule has 46 heavy (non-hydrogen) atoms. The maximum atomic E-state index is 12.3. The second-order valence-electron chi connectivity index (χ2n) is 11.2. The molecule has 16 heteroatoms. The number of likely N-dealkylation sites (N-methyl/N-ethyl adjacent to an activating group) is 1. The monoisotopic (exact) mass is 671 g/mol. The minimum Gasteiger partial charge on any atom is -0.470 e. The predicted molar refractivity (Wildman–Crippen MR) is 182 cm³/mol. The van der Waals surface area contributed by atoms with Crippen LogP contribution in [0.2, 0.25) is 0 Å². The number of carbonyl (C=O) groups excluding carboxylic acids is 5. The first-order chi connectivity index (χ1) is 21.2. The van der Waals surface area contributed by atoms with E-state index in [9.17, 15) is 24.0 Å². The van der Waals surface area contributed by atoms with E-state index in [2.05, 4.69) is 26.0 Å². The van der Waals surface area contributed by atoms with Crippen LogP contribution in [0.15, 0.2) is 24.3 Å². The molecule has 0 aliphatic heterocycles. The summed E-state index contributed by atoms with van der Waals surface area (Å²) in [5.74, 6) is -2.16. The quantitative estimate of drug-likeness (QED) is 0.0899. The fraction of sp³-hybridized carbons (Fsp3) is 0.633. The first-order valence-electron chi connectivity index (χ1n) is 14.6. The lowest BCUT2D eigenvalue weighted by molar-refractivity contribution is -0.130. The Balaban J connectivity index is -0.000000848. The van der Waals surface area contributed by atoms with Gasteiger partial charge < -0.3 is 45.8 Å². The molecular weight excluding hydrogens is 617 g/mol. The van der Waals surface area contributed by atoms with E-state index in [4.69, 9.17) is 27.1 Å². The van der Waals surface area contributed by atoms with E-state index >= 15 is 0 Å². The molecule has 0 saturated heterocycles. The van der Waals surface area contributed by atoms with Gasteiger partial charge in [-0.3, -0.25) is 19.2 Å². The summed E-state index contributed by atoms with van der Waals surface area (Å²) in [6.07, 6.45) is 2.46. The molecule has 2 unspecified atom stereocenters. The number of hydrogen-bond donors (Lipinski definition) is 6. The topological polar surface area (TPSA) is 215 Å². The molecule has 262 valence electrons. The van der Waals surface area contributed by atoms with Crippen molar-refractivity contribution in [1.29, 1.82) is 0 Å². The number of aldehydes is 1. The van der Waals surface area contributed by atoms with Gasteiger partial charge in [0, 0.05) is 23.9 Å². The van der Waals surface area contributed by atoms with Crippen LogP contribution in [0, 0.1) is 5.92 Å². The van der Waals surface area contributed by atoms with Gasteiger partial charge in [-0.15, -0.1) is 0 Å². The number of rotatable bonds is 15. The van der Waals surface area contributed by atoms with Crippen LogP contribution < -0.4 is 27.0 Å². The molecule has 0 aromatic heterocycles. The lowest BCUT2D eigenvalue weighted by atomic mass is 10.0. The van der Waals surface area contributed by atoms with Crippen LogP contribution in [0.4, 0.5) is 10.5 Å². The van der Waals surface area contributed by atoms with E-state index in [0.29, 0.717) is 24.3 Å². The molecule has 0 spiro atoms. The summed E-state index contributed by atoms with van der Waals surface area (Å²) in [6.45, 7) is 15.5. The van der Waals surface area contributed by atoms with Gasteiger partial charge in [-0.1, -0.05) is 39.8 Å².